The highest BCUT2D eigenvalue weighted by molar-refractivity contribution is 7.16. The maximum atomic E-state index is 12.3. The molecule has 1 aromatic heterocycles. The third-order valence-corrected chi connectivity index (χ3v) is 4.74. The summed E-state index contributed by atoms with van der Waals surface area (Å²) in [6, 6.07) is 14.2. The average molecular weight is 357 g/mol. The van der Waals surface area contributed by atoms with Crippen molar-refractivity contribution in [1.29, 1.82) is 0 Å². The summed E-state index contributed by atoms with van der Waals surface area (Å²) in [7, 11) is 1.57. The zero-order valence-corrected chi connectivity index (χ0v) is 14.4. The van der Waals surface area contributed by atoms with Crippen LogP contribution in [0.15, 0.2) is 59.4 Å². The van der Waals surface area contributed by atoms with Gasteiger partial charge in [0, 0.05) is 9.72 Å². The summed E-state index contributed by atoms with van der Waals surface area (Å²) in [4.78, 5) is 24.6. The molecule has 0 aliphatic rings. The number of allylic oxidation sites excluding steroid dienone is 1. The van der Waals surface area contributed by atoms with Crippen molar-refractivity contribution in [3.05, 3.63) is 80.3 Å². The van der Waals surface area contributed by atoms with E-state index >= 15 is 0 Å². The maximum absolute atomic E-state index is 12.3. The number of methoxy groups -OCH3 is 1. The van der Waals surface area contributed by atoms with E-state index in [1.165, 1.54) is 6.08 Å². The molecule has 1 heterocycles. The number of benzene rings is 2. The van der Waals surface area contributed by atoms with Crippen LogP contribution < -0.4 is 9.48 Å². The van der Waals surface area contributed by atoms with Crippen molar-refractivity contribution in [3.8, 4) is 5.75 Å². The molecule has 0 fully saturated rings. The van der Waals surface area contributed by atoms with Gasteiger partial charge in [-0.05, 0) is 53.4 Å². The van der Waals surface area contributed by atoms with Crippen LogP contribution in [0.1, 0.15) is 15.9 Å². The maximum Gasteiger partial charge on any atom is 0.244 e. The molecule has 0 saturated heterocycles. The van der Waals surface area contributed by atoms with E-state index in [0.29, 0.717) is 10.8 Å². The van der Waals surface area contributed by atoms with Crippen LogP contribution in [-0.4, -0.2) is 12.9 Å². The summed E-state index contributed by atoms with van der Waals surface area (Å²) >= 11 is 6.87. The molecule has 0 radical (unpaired) electrons. The van der Waals surface area contributed by atoms with Crippen LogP contribution in [0.3, 0.4) is 0 Å². The standard InChI is InChI=1S/C19H13ClO3S/c1-23-15-8-5-13-10-16(19(22)24-18(13)11-15)17(21)9-4-12-2-6-14(20)7-3-12/h2-11H,1H3/b9-4-. The monoisotopic (exact) mass is 356 g/mol. The Morgan fingerprint density at radius 2 is 1.88 bits per heavy atom. The number of hydrogen-bond acceptors (Lipinski definition) is 4. The molecule has 3 rings (SSSR count). The van der Waals surface area contributed by atoms with Crippen molar-refractivity contribution in [2.45, 2.75) is 0 Å². The minimum Gasteiger partial charge on any atom is -0.497 e. The van der Waals surface area contributed by atoms with Crippen molar-refractivity contribution in [1.82, 2.24) is 0 Å². The second-order valence-electron chi connectivity index (χ2n) is 5.10. The fraction of sp³-hybridized carbons (Fsp3) is 0.0526. The molecule has 5 heteroatoms. The Kier molecular flexibility index (Phi) is 4.79. The van der Waals surface area contributed by atoms with E-state index in [2.05, 4.69) is 0 Å². The Morgan fingerprint density at radius 3 is 2.58 bits per heavy atom. The van der Waals surface area contributed by atoms with Gasteiger partial charge in [0.2, 0.25) is 4.74 Å². The molecule has 0 aliphatic carbocycles. The summed E-state index contributed by atoms with van der Waals surface area (Å²) < 4.78 is 5.68. The van der Waals surface area contributed by atoms with Crippen LogP contribution in [0.5, 0.6) is 5.75 Å². The van der Waals surface area contributed by atoms with Gasteiger partial charge < -0.3 is 4.74 Å². The van der Waals surface area contributed by atoms with Crippen LogP contribution in [0.4, 0.5) is 0 Å². The topological polar surface area (TPSA) is 43.4 Å². The number of ketones is 1. The highest BCUT2D eigenvalue weighted by atomic mass is 35.5. The Hall–Kier alpha value is -2.43. The van der Waals surface area contributed by atoms with Crippen molar-refractivity contribution in [3.63, 3.8) is 0 Å². The molecule has 0 spiro atoms. The van der Waals surface area contributed by atoms with Crippen LogP contribution >= 0.6 is 22.9 Å². The minimum atomic E-state index is -0.316. The second kappa shape index (κ2) is 6.99. The van der Waals surface area contributed by atoms with Crippen molar-refractivity contribution < 1.29 is 9.53 Å². The summed E-state index contributed by atoms with van der Waals surface area (Å²) in [6.45, 7) is 0. The molecule has 24 heavy (non-hydrogen) atoms. The first kappa shape index (κ1) is 16.4. The third-order valence-electron chi connectivity index (χ3n) is 3.51. The van der Waals surface area contributed by atoms with Gasteiger partial charge in [-0.1, -0.05) is 41.1 Å². The van der Waals surface area contributed by atoms with Gasteiger partial charge in [0.15, 0.2) is 5.78 Å². The lowest BCUT2D eigenvalue weighted by Crippen LogP contribution is -2.09. The van der Waals surface area contributed by atoms with E-state index in [1.54, 1.807) is 55.7 Å². The largest absolute Gasteiger partial charge is 0.497 e. The molecule has 0 aliphatic heterocycles. The van der Waals surface area contributed by atoms with Gasteiger partial charge in [-0.2, -0.15) is 0 Å². The number of fused-ring (bicyclic) bond motifs is 1. The molecular weight excluding hydrogens is 344 g/mol. The van der Waals surface area contributed by atoms with E-state index in [4.69, 9.17) is 16.3 Å². The SMILES string of the molecule is COc1ccc2cc(C(=O)/C=C\c3ccc(Cl)cc3)c(=O)sc2c1. The molecule has 0 N–H and O–H groups in total. The molecule has 0 saturated carbocycles. The Morgan fingerprint density at radius 1 is 1.12 bits per heavy atom. The van der Waals surface area contributed by atoms with Gasteiger partial charge in [0.05, 0.1) is 12.7 Å². The van der Waals surface area contributed by atoms with E-state index in [9.17, 15) is 9.59 Å². The average Bonchev–Trinajstić information content (AvgIpc) is 2.59. The Bertz CT molecular complexity index is 988. The minimum absolute atomic E-state index is 0.169. The quantitative estimate of drug-likeness (QED) is 0.497. The van der Waals surface area contributed by atoms with Gasteiger partial charge in [-0.15, -0.1) is 0 Å². The second-order valence-corrected chi connectivity index (χ2v) is 6.55. The lowest BCUT2D eigenvalue weighted by atomic mass is 10.1. The van der Waals surface area contributed by atoms with Gasteiger partial charge >= 0.3 is 0 Å². The number of rotatable bonds is 4. The first-order valence-electron chi connectivity index (χ1n) is 7.17. The van der Waals surface area contributed by atoms with Crippen LogP contribution in [-0.2, 0) is 0 Å². The molecule has 3 aromatic rings. The zero-order valence-electron chi connectivity index (χ0n) is 12.8. The summed E-state index contributed by atoms with van der Waals surface area (Å²) in [5.74, 6) is 0.365. The molecular formula is C19H13ClO3S. The van der Waals surface area contributed by atoms with E-state index in [-0.39, 0.29) is 16.1 Å². The number of hydrogen-bond donors (Lipinski definition) is 0. The van der Waals surface area contributed by atoms with Crippen molar-refractivity contribution >= 4 is 44.9 Å². The Balaban J connectivity index is 1.93. The first-order valence-corrected chi connectivity index (χ1v) is 8.36. The molecule has 120 valence electrons. The summed E-state index contributed by atoms with van der Waals surface area (Å²) in [5.41, 5.74) is 1.01. The van der Waals surface area contributed by atoms with Crippen LogP contribution in [0.2, 0.25) is 5.02 Å². The highest BCUT2D eigenvalue weighted by Gasteiger charge is 2.10. The summed E-state index contributed by atoms with van der Waals surface area (Å²) in [6.07, 6.45) is 3.07. The molecule has 3 nitrogen and oxygen atoms in total. The van der Waals surface area contributed by atoms with Gasteiger partial charge in [-0.25, -0.2) is 0 Å². The van der Waals surface area contributed by atoms with E-state index < -0.39 is 0 Å². The number of ether oxygens (including phenoxy) is 1. The molecule has 0 atom stereocenters. The first-order chi connectivity index (χ1) is 11.6. The normalized spacial score (nSPS) is 11.1. The highest BCUT2D eigenvalue weighted by Crippen LogP contribution is 2.23. The van der Waals surface area contributed by atoms with Crippen molar-refractivity contribution in [2.24, 2.45) is 0 Å². The van der Waals surface area contributed by atoms with E-state index in [1.807, 2.05) is 6.07 Å². The number of carbonyl (C=O) groups excluding carboxylic acids is 1. The number of carbonyl (C=O) groups is 1. The molecule has 0 bridgehead atoms. The van der Waals surface area contributed by atoms with Gasteiger partial charge in [-0.3, -0.25) is 9.59 Å². The van der Waals surface area contributed by atoms with Crippen LogP contribution in [0.25, 0.3) is 16.2 Å². The fourth-order valence-corrected chi connectivity index (χ4v) is 3.24. The molecule has 0 amide bonds. The lowest BCUT2D eigenvalue weighted by molar-refractivity contribution is 0.104. The predicted molar refractivity (Wildman–Crippen MR) is 99.5 cm³/mol. The third kappa shape index (κ3) is 3.55. The van der Waals surface area contributed by atoms with E-state index in [0.717, 1.165) is 27.0 Å². The van der Waals surface area contributed by atoms with Gasteiger partial charge in [0.25, 0.3) is 0 Å². The van der Waals surface area contributed by atoms with Gasteiger partial charge in [0.1, 0.15) is 5.75 Å². The molecule has 0 unspecified atom stereocenters. The molecule has 2 aromatic carbocycles. The van der Waals surface area contributed by atoms with Crippen LogP contribution in [0, 0.1) is 0 Å². The lowest BCUT2D eigenvalue weighted by Gasteiger charge is -2.02. The Labute approximate surface area is 147 Å². The number of halogens is 1. The predicted octanol–water partition coefficient (Wildman–Crippen LogP) is 4.82. The van der Waals surface area contributed by atoms with Crippen molar-refractivity contribution in [2.75, 3.05) is 7.11 Å². The fourth-order valence-electron chi connectivity index (χ4n) is 2.23. The smallest absolute Gasteiger partial charge is 0.244 e. The summed E-state index contributed by atoms with van der Waals surface area (Å²) in [5, 5.41) is 1.47. The zero-order chi connectivity index (χ0) is 17.1.